The van der Waals surface area contributed by atoms with E-state index in [1.165, 1.54) is 18.4 Å². The average molecular weight is 434 g/mol. The summed E-state index contributed by atoms with van der Waals surface area (Å²) in [7, 11) is 0. The van der Waals surface area contributed by atoms with E-state index in [0.717, 1.165) is 0 Å². The standard InChI is InChI=1S/C25H27N3O4/c1-24(2,3)17-14-16(15-18(23(17)29)25(4,5)6)22(21-12-9-13-32-21)27-26-19-10-7-8-11-20(19)28(30)31/h7-15H,1-6H3. The maximum absolute atomic E-state index is 13.3. The number of nitro benzene ring substituents is 1. The van der Waals surface area contributed by atoms with Crippen LogP contribution in [-0.4, -0.2) is 10.7 Å². The molecule has 1 aromatic carbocycles. The van der Waals surface area contributed by atoms with Gasteiger partial charge in [0.1, 0.15) is 5.70 Å². The molecule has 7 nitrogen and oxygen atoms in total. The van der Waals surface area contributed by atoms with Crippen LogP contribution in [0.2, 0.25) is 0 Å². The number of ketones is 1. The number of azo groups is 1. The predicted molar refractivity (Wildman–Crippen MR) is 123 cm³/mol. The minimum atomic E-state index is -0.497. The molecule has 0 radical (unpaired) electrons. The fourth-order valence-electron chi connectivity index (χ4n) is 3.35. The van der Waals surface area contributed by atoms with E-state index in [1.54, 1.807) is 24.3 Å². The topological polar surface area (TPSA) is 98.1 Å². The monoisotopic (exact) mass is 433 g/mol. The Morgan fingerprint density at radius 1 is 0.938 bits per heavy atom. The Morgan fingerprint density at radius 3 is 2.03 bits per heavy atom. The van der Waals surface area contributed by atoms with E-state index in [2.05, 4.69) is 10.2 Å². The number of benzene rings is 1. The molecule has 0 saturated carbocycles. The first-order valence-electron chi connectivity index (χ1n) is 10.3. The molecule has 0 N–H and O–H groups in total. The van der Waals surface area contributed by atoms with Crippen LogP contribution < -0.4 is 0 Å². The predicted octanol–water partition coefficient (Wildman–Crippen LogP) is 7.21. The molecular weight excluding hydrogens is 406 g/mol. The summed E-state index contributed by atoms with van der Waals surface area (Å²) >= 11 is 0. The van der Waals surface area contributed by atoms with Crippen LogP contribution in [0, 0.1) is 20.9 Å². The van der Waals surface area contributed by atoms with Crippen molar-refractivity contribution in [3.8, 4) is 0 Å². The number of nitrogens with zero attached hydrogens (tertiary/aromatic N) is 3. The highest BCUT2D eigenvalue weighted by molar-refractivity contribution is 6.12. The molecule has 32 heavy (non-hydrogen) atoms. The lowest BCUT2D eigenvalue weighted by atomic mass is 9.71. The van der Waals surface area contributed by atoms with Gasteiger partial charge in [0, 0.05) is 22.8 Å². The number of allylic oxidation sites excluding steroid dienone is 5. The van der Waals surface area contributed by atoms with Crippen LogP contribution in [0.15, 0.2) is 86.2 Å². The largest absolute Gasteiger partial charge is 0.463 e. The maximum atomic E-state index is 13.3. The summed E-state index contributed by atoms with van der Waals surface area (Å²) in [6, 6.07) is 9.62. The average Bonchev–Trinajstić information content (AvgIpc) is 3.22. The third-order valence-electron chi connectivity index (χ3n) is 5.07. The minimum Gasteiger partial charge on any atom is -0.463 e. The van der Waals surface area contributed by atoms with Gasteiger partial charge >= 0.3 is 0 Å². The van der Waals surface area contributed by atoms with Gasteiger partial charge in [-0.15, -0.1) is 10.2 Å². The van der Waals surface area contributed by atoms with Gasteiger partial charge in [-0.25, -0.2) is 0 Å². The van der Waals surface area contributed by atoms with Gasteiger partial charge in [-0.05, 0) is 41.2 Å². The van der Waals surface area contributed by atoms with Crippen LogP contribution in [0.4, 0.5) is 11.4 Å². The highest BCUT2D eigenvalue weighted by Crippen LogP contribution is 2.41. The van der Waals surface area contributed by atoms with Crippen molar-refractivity contribution in [2.24, 2.45) is 21.1 Å². The lowest BCUT2D eigenvalue weighted by molar-refractivity contribution is -0.384. The number of carbonyl (C=O) groups is 1. The Balaban J connectivity index is 2.27. The summed E-state index contributed by atoms with van der Waals surface area (Å²) in [6.45, 7) is 11.9. The van der Waals surface area contributed by atoms with Gasteiger partial charge in [-0.2, -0.15) is 0 Å². The van der Waals surface area contributed by atoms with Crippen molar-refractivity contribution >= 4 is 22.9 Å². The summed E-state index contributed by atoms with van der Waals surface area (Å²) in [5, 5.41) is 19.9. The number of hydrogen-bond acceptors (Lipinski definition) is 6. The number of furan rings is 1. The van der Waals surface area contributed by atoms with Crippen molar-refractivity contribution in [2.75, 3.05) is 0 Å². The first-order chi connectivity index (χ1) is 14.9. The molecule has 0 atom stereocenters. The van der Waals surface area contributed by atoms with Gasteiger partial charge in [0.25, 0.3) is 5.69 Å². The highest BCUT2D eigenvalue weighted by atomic mass is 16.6. The molecule has 166 valence electrons. The van der Waals surface area contributed by atoms with Crippen molar-refractivity contribution in [2.45, 2.75) is 41.5 Å². The Hall–Kier alpha value is -3.61. The highest BCUT2D eigenvalue weighted by Gasteiger charge is 2.35. The lowest BCUT2D eigenvalue weighted by Crippen LogP contribution is -2.28. The fourth-order valence-corrected chi connectivity index (χ4v) is 3.35. The molecule has 2 aromatic rings. The van der Waals surface area contributed by atoms with Crippen LogP contribution >= 0.6 is 0 Å². The molecular formula is C25H27N3O4. The van der Waals surface area contributed by atoms with E-state index < -0.39 is 15.8 Å². The summed E-state index contributed by atoms with van der Waals surface area (Å²) in [5.41, 5.74) is 1.58. The van der Waals surface area contributed by atoms with Crippen LogP contribution in [-0.2, 0) is 4.79 Å². The third-order valence-corrected chi connectivity index (χ3v) is 5.07. The molecule has 3 rings (SSSR count). The zero-order valence-corrected chi connectivity index (χ0v) is 19.2. The number of hydrogen-bond donors (Lipinski definition) is 0. The number of nitro groups is 1. The van der Waals surface area contributed by atoms with Gasteiger partial charge < -0.3 is 4.42 Å². The summed E-state index contributed by atoms with van der Waals surface area (Å²) in [4.78, 5) is 24.1. The molecule has 0 spiro atoms. The van der Waals surface area contributed by atoms with Gasteiger partial charge in [0.05, 0.1) is 11.2 Å². The summed E-state index contributed by atoms with van der Waals surface area (Å²) in [6.07, 6.45) is 5.15. The van der Waals surface area contributed by atoms with Crippen molar-refractivity contribution < 1.29 is 14.1 Å². The maximum Gasteiger partial charge on any atom is 0.296 e. The second-order valence-corrected chi connectivity index (χ2v) is 9.67. The van der Waals surface area contributed by atoms with Crippen molar-refractivity contribution in [3.05, 3.63) is 87.4 Å². The zero-order valence-electron chi connectivity index (χ0n) is 19.2. The molecule has 7 heteroatoms. The van der Waals surface area contributed by atoms with E-state index in [4.69, 9.17) is 4.42 Å². The minimum absolute atomic E-state index is 0.00295. The molecule has 0 unspecified atom stereocenters. The van der Waals surface area contributed by atoms with E-state index in [9.17, 15) is 14.9 Å². The molecule has 0 amide bonds. The van der Waals surface area contributed by atoms with Crippen LogP contribution in [0.3, 0.4) is 0 Å². The number of carbonyl (C=O) groups excluding carboxylic acids is 1. The number of Topliss-reactive ketones (excluding diaryl/α,β-unsaturated/α-hetero) is 1. The van der Waals surface area contributed by atoms with E-state index >= 15 is 0 Å². The number of rotatable bonds is 4. The Morgan fingerprint density at radius 2 is 1.53 bits per heavy atom. The van der Waals surface area contributed by atoms with Crippen LogP contribution in [0.5, 0.6) is 0 Å². The molecule has 0 bridgehead atoms. The second kappa shape index (κ2) is 8.49. The van der Waals surface area contributed by atoms with Crippen molar-refractivity contribution in [1.29, 1.82) is 0 Å². The number of para-hydroxylation sites is 1. The van der Waals surface area contributed by atoms with Crippen molar-refractivity contribution in [3.63, 3.8) is 0 Å². The Labute approximate surface area is 187 Å². The molecule has 0 saturated heterocycles. The van der Waals surface area contributed by atoms with Crippen LogP contribution in [0.25, 0.3) is 5.70 Å². The first kappa shape index (κ1) is 23.1. The van der Waals surface area contributed by atoms with E-state index in [-0.39, 0.29) is 17.2 Å². The molecule has 0 aliphatic heterocycles. The normalized spacial score (nSPS) is 15.1. The quantitative estimate of drug-likeness (QED) is 0.289. The molecule has 1 heterocycles. The SMILES string of the molecule is CC(C)(C)C1=CC(=C(N=Nc2ccccc2[N+](=O)[O-])c2ccco2)C=C(C(C)(C)C)C1=O. The molecule has 1 aliphatic rings. The summed E-state index contributed by atoms with van der Waals surface area (Å²) in [5.74, 6) is 0.453. The molecule has 0 fully saturated rings. The Bertz CT molecular complexity index is 1130. The molecule has 1 aliphatic carbocycles. The fraction of sp³-hybridized carbons (Fsp3) is 0.320. The van der Waals surface area contributed by atoms with Gasteiger partial charge in [0.2, 0.25) is 0 Å². The van der Waals surface area contributed by atoms with Crippen molar-refractivity contribution in [1.82, 2.24) is 0 Å². The summed E-state index contributed by atoms with van der Waals surface area (Å²) < 4.78 is 5.59. The third kappa shape index (κ3) is 4.82. The first-order valence-corrected chi connectivity index (χ1v) is 10.3. The van der Waals surface area contributed by atoms with Crippen LogP contribution in [0.1, 0.15) is 47.3 Å². The Kier molecular flexibility index (Phi) is 6.12. The molecule has 1 aromatic heterocycles. The zero-order chi connectivity index (χ0) is 23.7. The van der Waals surface area contributed by atoms with Gasteiger partial charge in [-0.1, -0.05) is 53.7 Å². The lowest BCUT2D eigenvalue weighted by Gasteiger charge is -2.31. The van der Waals surface area contributed by atoms with Gasteiger partial charge in [0.15, 0.2) is 17.2 Å². The van der Waals surface area contributed by atoms with E-state index in [1.807, 2.05) is 53.7 Å². The van der Waals surface area contributed by atoms with E-state index in [0.29, 0.717) is 28.2 Å². The van der Waals surface area contributed by atoms with Gasteiger partial charge in [-0.3, -0.25) is 14.9 Å². The smallest absolute Gasteiger partial charge is 0.296 e. The second-order valence-electron chi connectivity index (χ2n) is 9.67.